The van der Waals surface area contributed by atoms with Gasteiger partial charge in [0.05, 0.1) is 0 Å². The molecule has 0 amide bonds. The third-order valence-electron chi connectivity index (χ3n) is 4.45. The summed E-state index contributed by atoms with van der Waals surface area (Å²) in [7, 11) is 0. The monoisotopic (exact) mass is 283 g/mol. The summed E-state index contributed by atoms with van der Waals surface area (Å²) in [6, 6.07) is -0.210. The van der Waals surface area contributed by atoms with Gasteiger partial charge in [-0.25, -0.2) is 0 Å². The van der Waals surface area contributed by atoms with Gasteiger partial charge in [0.2, 0.25) is 0 Å². The van der Waals surface area contributed by atoms with Crippen molar-refractivity contribution in [1.29, 1.82) is 0 Å². The van der Waals surface area contributed by atoms with Crippen LogP contribution in [0.2, 0.25) is 0 Å². The molecule has 0 aliphatic carbocycles. The lowest BCUT2D eigenvalue weighted by atomic mass is 10.0. The third-order valence-corrected chi connectivity index (χ3v) is 4.45. The SMILES string of the molecule is CCCCCCCCCCCN1CCCCC1C(=O)O. The smallest absolute Gasteiger partial charge is 0.320 e. The molecule has 0 aromatic rings. The Morgan fingerprint density at radius 3 is 2.20 bits per heavy atom. The Bertz CT molecular complexity index is 255. The number of piperidine rings is 1. The van der Waals surface area contributed by atoms with Crippen LogP contribution in [0.5, 0.6) is 0 Å². The molecule has 0 aromatic carbocycles. The lowest BCUT2D eigenvalue weighted by Crippen LogP contribution is -2.44. The van der Waals surface area contributed by atoms with Crippen LogP contribution in [0.25, 0.3) is 0 Å². The van der Waals surface area contributed by atoms with E-state index in [4.69, 9.17) is 0 Å². The van der Waals surface area contributed by atoms with Crippen molar-refractivity contribution < 1.29 is 9.90 Å². The van der Waals surface area contributed by atoms with E-state index in [1.165, 1.54) is 64.2 Å². The Morgan fingerprint density at radius 1 is 1.00 bits per heavy atom. The van der Waals surface area contributed by atoms with Crippen LogP contribution in [0.4, 0.5) is 0 Å². The number of carboxylic acid groups (broad SMARTS) is 1. The van der Waals surface area contributed by atoms with Crippen LogP contribution in [-0.2, 0) is 4.79 Å². The maximum atomic E-state index is 11.2. The highest BCUT2D eigenvalue weighted by atomic mass is 16.4. The normalized spacial score (nSPS) is 20.1. The molecule has 0 spiro atoms. The van der Waals surface area contributed by atoms with E-state index in [0.29, 0.717) is 0 Å². The Balaban J connectivity index is 1.98. The van der Waals surface area contributed by atoms with Gasteiger partial charge in [-0.2, -0.15) is 0 Å². The average molecular weight is 283 g/mol. The first-order valence-corrected chi connectivity index (χ1v) is 8.72. The molecule has 1 heterocycles. The molecule has 1 aliphatic rings. The number of rotatable bonds is 11. The van der Waals surface area contributed by atoms with Crippen LogP contribution in [0.3, 0.4) is 0 Å². The predicted molar refractivity (Wildman–Crippen MR) is 84.1 cm³/mol. The summed E-state index contributed by atoms with van der Waals surface area (Å²) in [6.07, 6.45) is 15.0. The molecule has 0 bridgehead atoms. The molecule has 118 valence electrons. The Kier molecular flexibility index (Phi) is 9.73. The van der Waals surface area contributed by atoms with Gasteiger partial charge in [-0.15, -0.1) is 0 Å². The molecular formula is C17H33NO2. The van der Waals surface area contributed by atoms with Gasteiger partial charge in [-0.1, -0.05) is 64.7 Å². The Hall–Kier alpha value is -0.570. The molecule has 0 saturated carbocycles. The van der Waals surface area contributed by atoms with Crippen LogP contribution < -0.4 is 0 Å². The number of carbonyl (C=O) groups is 1. The first-order valence-electron chi connectivity index (χ1n) is 8.72. The molecule has 1 saturated heterocycles. The van der Waals surface area contributed by atoms with Crippen molar-refractivity contribution in [2.75, 3.05) is 13.1 Å². The highest BCUT2D eigenvalue weighted by Crippen LogP contribution is 2.18. The molecule has 1 unspecified atom stereocenters. The summed E-state index contributed by atoms with van der Waals surface area (Å²) in [5.74, 6) is -0.624. The fraction of sp³-hybridized carbons (Fsp3) is 0.941. The number of carboxylic acids is 1. The molecule has 20 heavy (non-hydrogen) atoms. The van der Waals surface area contributed by atoms with Gasteiger partial charge in [0.1, 0.15) is 6.04 Å². The van der Waals surface area contributed by atoms with E-state index in [1.54, 1.807) is 0 Å². The fourth-order valence-corrected chi connectivity index (χ4v) is 3.16. The van der Waals surface area contributed by atoms with Crippen LogP contribution in [0.15, 0.2) is 0 Å². The molecule has 1 fully saturated rings. The minimum absolute atomic E-state index is 0.210. The molecule has 0 radical (unpaired) electrons. The van der Waals surface area contributed by atoms with Crippen molar-refractivity contribution >= 4 is 5.97 Å². The maximum Gasteiger partial charge on any atom is 0.320 e. The van der Waals surface area contributed by atoms with E-state index in [1.807, 2.05) is 0 Å². The van der Waals surface area contributed by atoms with Crippen molar-refractivity contribution in [3.05, 3.63) is 0 Å². The van der Waals surface area contributed by atoms with Crippen molar-refractivity contribution in [2.24, 2.45) is 0 Å². The Labute approximate surface area is 124 Å². The number of likely N-dealkylation sites (tertiary alicyclic amines) is 1. The van der Waals surface area contributed by atoms with Gasteiger partial charge in [-0.3, -0.25) is 9.69 Å². The molecular weight excluding hydrogens is 250 g/mol. The van der Waals surface area contributed by atoms with Crippen LogP contribution in [0, 0.1) is 0 Å². The number of hydrogen-bond donors (Lipinski definition) is 1. The van der Waals surface area contributed by atoms with E-state index in [0.717, 1.165) is 25.9 Å². The summed E-state index contributed by atoms with van der Waals surface area (Å²) in [4.78, 5) is 13.4. The summed E-state index contributed by atoms with van der Waals surface area (Å²) in [6.45, 7) is 4.21. The quantitative estimate of drug-likeness (QED) is 0.569. The summed E-state index contributed by atoms with van der Waals surface area (Å²) >= 11 is 0. The van der Waals surface area contributed by atoms with Crippen molar-refractivity contribution in [3.63, 3.8) is 0 Å². The van der Waals surface area contributed by atoms with Crippen molar-refractivity contribution in [2.45, 2.75) is 90.0 Å². The molecule has 1 atom stereocenters. The second kappa shape index (κ2) is 11.1. The minimum atomic E-state index is -0.624. The van der Waals surface area contributed by atoms with Gasteiger partial charge in [0.25, 0.3) is 0 Å². The first-order chi connectivity index (χ1) is 9.75. The molecule has 3 heteroatoms. The zero-order valence-corrected chi connectivity index (χ0v) is 13.3. The fourth-order valence-electron chi connectivity index (χ4n) is 3.16. The van der Waals surface area contributed by atoms with Gasteiger partial charge in [0, 0.05) is 0 Å². The first kappa shape index (κ1) is 17.5. The second-order valence-electron chi connectivity index (χ2n) is 6.21. The third kappa shape index (κ3) is 7.28. The topological polar surface area (TPSA) is 40.5 Å². The number of nitrogens with zero attached hydrogens (tertiary/aromatic N) is 1. The highest BCUT2D eigenvalue weighted by molar-refractivity contribution is 5.73. The van der Waals surface area contributed by atoms with Crippen LogP contribution in [0.1, 0.15) is 84.0 Å². The second-order valence-corrected chi connectivity index (χ2v) is 6.21. The molecule has 3 nitrogen and oxygen atoms in total. The number of unbranched alkanes of at least 4 members (excludes halogenated alkanes) is 8. The lowest BCUT2D eigenvalue weighted by Gasteiger charge is -2.32. The van der Waals surface area contributed by atoms with E-state index in [9.17, 15) is 9.90 Å². The minimum Gasteiger partial charge on any atom is -0.480 e. The van der Waals surface area contributed by atoms with E-state index < -0.39 is 5.97 Å². The zero-order valence-electron chi connectivity index (χ0n) is 13.3. The van der Waals surface area contributed by atoms with Crippen LogP contribution >= 0.6 is 0 Å². The summed E-state index contributed by atoms with van der Waals surface area (Å²) in [5, 5.41) is 9.21. The zero-order chi connectivity index (χ0) is 14.6. The molecule has 1 N–H and O–H groups in total. The number of aliphatic carboxylic acids is 1. The van der Waals surface area contributed by atoms with Crippen LogP contribution in [-0.4, -0.2) is 35.1 Å². The number of hydrogen-bond acceptors (Lipinski definition) is 2. The molecule has 0 aromatic heterocycles. The van der Waals surface area contributed by atoms with Gasteiger partial charge >= 0.3 is 5.97 Å². The van der Waals surface area contributed by atoms with E-state index in [-0.39, 0.29) is 6.04 Å². The largest absolute Gasteiger partial charge is 0.480 e. The van der Waals surface area contributed by atoms with Gasteiger partial charge < -0.3 is 5.11 Å². The highest BCUT2D eigenvalue weighted by Gasteiger charge is 2.27. The van der Waals surface area contributed by atoms with Crippen molar-refractivity contribution in [1.82, 2.24) is 4.90 Å². The molecule has 1 rings (SSSR count). The summed E-state index contributed by atoms with van der Waals surface area (Å²) < 4.78 is 0. The maximum absolute atomic E-state index is 11.2. The average Bonchev–Trinajstić information content (AvgIpc) is 2.46. The van der Waals surface area contributed by atoms with Crippen molar-refractivity contribution in [3.8, 4) is 0 Å². The Morgan fingerprint density at radius 2 is 1.60 bits per heavy atom. The summed E-state index contributed by atoms with van der Waals surface area (Å²) in [5.41, 5.74) is 0. The van der Waals surface area contributed by atoms with E-state index >= 15 is 0 Å². The molecule has 1 aliphatic heterocycles. The predicted octanol–water partition coefficient (Wildman–Crippen LogP) is 4.46. The van der Waals surface area contributed by atoms with E-state index in [2.05, 4.69) is 11.8 Å². The van der Waals surface area contributed by atoms with Gasteiger partial charge in [-0.05, 0) is 32.4 Å². The lowest BCUT2D eigenvalue weighted by molar-refractivity contribution is -0.144. The standard InChI is InChI=1S/C17H33NO2/c1-2-3-4-5-6-7-8-9-11-14-18-15-12-10-13-16(18)17(19)20/h16H,2-15H2,1H3,(H,19,20). The van der Waals surface area contributed by atoms with Gasteiger partial charge in [0.15, 0.2) is 0 Å².